The molecule has 3 heterocycles. The quantitative estimate of drug-likeness (QED) is 0.350. The molecule has 292 valence electrons. The van der Waals surface area contributed by atoms with Crippen LogP contribution in [0.25, 0.3) is 11.0 Å². The van der Waals surface area contributed by atoms with E-state index in [1.807, 2.05) is 32.9 Å². The molecule has 3 saturated carbocycles. The second kappa shape index (κ2) is 14.3. The van der Waals surface area contributed by atoms with Crippen molar-refractivity contribution in [3.05, 3.63) is 36.5 Å². The summed E-state index contributed by atoms with van der Waals surface area (Å²) in [4.78, 5) is 66.8. The number of hydrogen-bond donors (Lipinski definition) is 3. The van der Waals surface area contributed by atoms with Gasteiger partial charge in [0.1, 0.15) is 41.3 Å². The maximum atomic E-state index is 14.6. The minimum atomic E-state index is -3.90. The summed E-state index contributed by atoms with van der Waals surface area (Å²) in [6.45, 7) is 9.18. The van der Waals surface area contributed by atoms with Crippen LogP contribution in [0.2, 0.25) is 0 Å². The van der Waals surface area contributed by atoms with Gasteiger partial charge in [0.15, 0.2) is 0 Å². The number of benzene rings is 1. The third-order valence-corrected chi connectivity index (χ3v) is 13.1. The predicted molar refractivity (Wildman–Crippen MR) is 197 cm³/mol. The lowest BCUT2D eigenvalue weighted by molar-refractivity contribution is -0.142. The summed E-state index contributed by atoms with van der Waals surface area (Å²) >= 11 is 0. The molecule has 3 N–H and O–H groups in total. The zero-order valence-electron chi connectivity index (χ0n) is 31.3. The van der Waals surface area contributed by atoms with E-state index in [-0.39, 0.29) is 31.4 Å². The van der Waals surface area contributed by atoms with Gasteiger partial charge < -0.3 is 29.7 Å². The zero-order chi connectivity index (χ0) is 38.6. The summed E-state index contributed by atoms with van der Waals surface area (Å²) in [6.07, 6.45) is 5.93. The standard InChI is InChI=1S/C38H50N6O9S/c1-6-22-19-38(22,35(47)43-54(49,50)25-13-14-25)42-32(45)29-18-24-20-44(29)34(46)31(37(2,3)4)41-36(48)53-30-16-21(30)10-8-7-9-11-27-33(52-24)40-28-17-23(51-5)12-15-26(28)39-27/h6,12,15,17,21-22,24-25,29-31H,1,7-11,13-14,16,18-20H2,2-5H3,(H,41,48)(H,42,45)(H,43,47)/t21?,22-,24-,29+,30-,31-,38-/m1/s1. The molecule has 2 aliphatic heterocycles. The van der Waals surface area contributed by atoms with E-state index in [2.05, 4.69) is 21.9 Å². The number of nitrogens with zero attached hydrogens (tertiary/aromatic N) is 3. The van der Waals surface area contributed by atoms with E-state index in [9.17, 15) is 27.6 Å². The van der Waals surface area contributed by atoms with Crippen LogP contribution in [0.3, 0.4) is 0 Å². The first-order valence-electron chi connectivity index (χ1n) is 18.9. The fourth-order valence-corrected chi connectivity index (χ4v) is 9.00. The molecule has 15 nitrogen and oxygen atoms in total. The van der Waals surface area contributed by atoms with Gasteiger partial charge in [-0.15, -0.1) is 6.58 Å². The van der Waals surface area contributed by atoms with E-state index in [4.69, 9.17) is 24.2 Å². The number of sulfonamides is 1. The maximum Gasteiger partial charge on any atom is 0.408 e. The Kier molecular flexibility index (Phi) is 10.0. The summed E-state index contributed by atoms with van der Waals surface area (Å²) in [5, 5.41) is 4.96. The van der Waals surface area contributed by atoms with Crippen molar-refractivity contribution in [3.8, 4) is 11.6 Å². The molecule has 2 aromatic rings. The molecule has 1 aromatic heterocycles. The minimum absolute atomic E-state index is 0.0245. The van der Waals surface area contributed by atoms with Gasteiger partial charge in [-0.1, -0.05) is 39.7 Å². The molecular formula is C38H50N6O9S. The Morgan fingerprint density at radius 1 is 1.07 bits per heavy atom. The number of fused-ring (bicyclic) bond motifs is 5. The monoisotopic (exact) mass is 766 g/mol. The summed E-state index contributed by atoms with van der Waals surface area (Å²) in [6, 6.07) is 3.20. The molecule has 4 amide bonds. The number of nitrogens with one attached hydrogen (secondary N) is 3. The molecule has 1 unspecified atom stereocenters. The van der Waals surface area contributed by atoms with Crippen LogP contribution in [0, 0.1) is 17.3 Å². The number of hydrogen-bond acceptors (Lipinski definition) is 11. The molecule has 0 radical (unpaired) electrons. The van der Waals surface area contributed by atoms with Crippen molar-refractivity contribution in [1.29, 1.82) is 0 Å². The van der Waals surface area contributed by atoms with E-state index in [1.165, 1.54) is 11.0 Å². The molecule has 7 atom stereocenters. The zero-order valence-corrected chi connectivity index (χ0v) is 32.1. The molecule has 0 spiro atoms. The van der Waals surface area contributed by atoms with Crippen LogP contribution in [0.15, 0.2) is 30.9 Å². The van der Waals surface area contributed by atoms with Crippen molar-refractivity contribution in [2.75, 3.05) is 13.7 Å². The number of rotatable bonds is 7. The van der Waals surface area contributed by atoms with Crippen molar-refractivity contribution in [2.45, 2.75) is 120 Å². The fraction of sp³-hybridized carbons (Fsp3) is 0.632. The maximum absolute atomic E-state index is 14.6. The van der Waals surface area contributed by atoms with Gasteiger partial charge in [0, 0.05) is 18.4 Å². The highest BCUT2D eigenvalue weighted by atomic mass is 32.2. The van der Waals surface area contributed by atoms with E-state index in [1.54, 1.807) is 13.2 Å². The summed E-state index contributed by atoms with van der Waals surface area (Å²) in [7, 11) is -2.33. The van der Waals surface area contributed by atoms with Crippen LogP contribution in [0.1, 0.15) is 84.3 Å². The number of amides is 4. The number of carbonyl (C=O) groups excluding carboxylic acids is 4. The molecule has 7 rings (SSSR count). The smallest absolute Gasteiger partial charge is 0.408 e. The first-order valence-corrected chi connectivity index (χ1v) is 20.5. The van der Waals surface area contributed by atoms with Gasteiger partial charge in [-0.25, -0.2) is 23.2 Å². The van der Waals surface area contributed by atoms with Crippen molar-refractivity contribution in [2.24, 2.45) is 17.3 Å². The van der Waals surface area contributed by atoms with Gasteiger partial charge in [0.2, 0.25) is 27.7 Å². The van der Waals surface area contributed by atoms with Gasteiger partial charge in [-0.2, -0.15) is 0 Å². The Morgan fingerprint density at radius 3 is 2.54 bits per heavy atom. The SMILES string of the molecule is C=C[C@@H]1C[C@]1(NC(=O)[C@@H]1C[C@@H]2CN1C(=O)[C@H](C(C)(C)C)NC(=O)O[C@@H]1CC1CCCCCc1nc3ccc(OC)cc3nc1O2)C(=O)NS(=O)(=O)C1CC1. The second-order valence-electron chi connectivity index (χ2n) is 16.5. The van der Waals surface area contributed by atoms with Gasteiger partial charge in [0.25, 0.3) is 5.91 Å². The first kappa shape index (κ1) is 37.8. The van der Waals surface area contributed by atoms with Crippen molar-refractivity contribution < 1.29 is 41.8 Å². The van der Waals surface area contributed by atoms with Crippen molar-refractivity contribution in [1.82, 2.24) is 30.2 Å². The number of aryl methyl sites for hydroxylation is 1. The molecular weight excluding hydrogens is 717 g/mol. The van der Waals surface area contributed by atoms with Gasteiger partial charge in [-0.3, -0.25) is 19.1 Å². The van der Waals surface area contributed by atoms with Crippen molar-refractivity contribution in [3.63, 3.8) is 0 Å². The molecule has 16 heteroatoms. The summed E-state index contributed by atoms with van der Waals surface area (Å²) < 4.78 is 45.3. The molecule has 4 fully saturated rings. The number of carbonyl (C=O) groups is 4. The van der Waals surface area contributed by atoms with E-state index < -0.39 is 74.1 Å². The normalized spacial score (nSPS) is 30.3. The number of methoxy groups -OCH3 is 1. The molecule has 2 bridgehead atoms. The number of aromatic nitrogens is 2. The highest BCUT2D eigenvalue weighted by Gasteiger charge is 2.62. The number of ether oxygens (including phenoxy) is 3. The predicted octanol–water partition coefficient (Wildman–Crippen LogP) is 3.30. The topological polar surface area (TPSA) is 195 Å². The van der Waals surface area contributed by atoms with E-state index in [0.717, 1.165) is 32.1 Å². The highest BCUT2D eigenvalue weighted by molar-refractivity contribution is 7.91. The lowest BCUT2D eigenvalue weighted by atomic mass is 9.85. The lowest BCUT2D eigenvalue weighted by Gasteiger charge is -2.35. The highest BCUT2D eigenvalue weighted by Crippen LogP contribution is 2.46. The average molecular weight is 767 g/mol. The lowest BCUT2D eigenvalue weighted by Crippen LogP contribution is -2.60. The third-order valence-electron chi connectivity index (χ3n) is 11.3. The van der Waals surface area contributed by atoms with Crippen molar-refractivity contribution >= 4 is 44.9 Å². The third kappa shape index (κ3) is 7.85. The first-order chi connectivity index (χ1) is 25.6. The van der Waals surface area contributed by atoms with Crippen LogP contribution in [0.4, 0.5) is 4.79 Å². The van der Waals surface area contributed by atoms with Crippen LogP contribution in [-0.2, 0) is 35.6 Å². The Morgan fingerprint density at radius 2 is 1.85 bits per heavy atom. The Bertz CT molecular complexity index is 1960. The minimum Gasteiger partial charge on any atom is -0.497 e. The van der Waals surface area contributed by atoms with E-state index in [0.29, 0.717) is 47.6 Å². The number of alkyl carbamates (subject to hydrolysis) is 1. The van der Waals surface area contributed by atoms with Gasteiger partial charge in [0.05, 0.1) is 29.9 Å². The Balaban J connectivity index is 1.22. The van der Waals surface area contributed by atoms with E-state index >= 15 is 0 Å². The molecule has 3 aliphatic carbocycles. The second-order valence-corrected chi connectivity index (χ2v) is 18.4. The molecule has 5 aliphatic rings. The molecule has 1 aromatic carbocycles. The summed E-state index contributed by atoms with van der Waals surface area (Å²) in [5.74, 6) is -1.39. The van der Waals surface area contributed by atoms with Gasteiger partial charge in [-0.05, 0) is 68.4 Å². The molecule has 1 saturated heterocycles. The van der Waals surface area contributed by atoms with Crippen LogP contribution in [0.5, 0.6) is 11.6 Å². The summed E-state index contributed by atoms with van der Waals surface area (Å²) in [5.41, 5.74) is -0.451. The van der Waals surface area contributed by atoms with Gasteiger partial charge >= 0.3 is 6.09 Å². The Labute approximate surface area is 315 Å². The average Bonchev–Trinajstić information content (AvgIpc) is 4.04. The largest absolute Gasteiger partial charge is 0.497 e. The molecule has 54 heavy (non-hydrogen) atoms. The van der Waals surface area contributed by atoms with Crippen LogP contribution >= 0.6 is 0 Å². The van der Waals surface area contributed by atoms with Crippen LogP contribution < -0.4 is 24.8 Å². The Hall–Kier alpha value is -4.47. The fourth-order valence-electron chi connectivity index (χ4n) is 7.64. The van der Waals surface area contributed by atoms with Crippen LogP contribution in [-0.4, -0.2) is 95.8 Å².